The molecule has 2 aromatic rings. The highest BCUT2D eigenvalue weighted by Gasteiger charge is 2.36. The van der Waals surface area contributed by atoms with Crippen molar-refractivity contribution in [3.63, 3.8) is 0 Å². The van der Waals surface area contributed by atoms with Gasteiger partial charge in [-0.1, -0.05) is 54.0 Å². The molecule has 0 atom stereocenters. The highest BCUT2D eigenvalue weighted by atomic mass is 79.9. The summed E-state index contributed by atoms with van der Waals surface area (Å²) < 4.78 is 11.8. The van der Waals surface area contributed by atoms with Gasteiger partial charge in [0.15, 0.2) is 5.82 Å². The van der Waals surface area contributed by atoms with Crippen molar-refractivity contribution in [2.75, 3.05) is 13.2 Å². The smallest absolute Gasteiger partial charge is 0.227 e. The van der Waals surface area contributed by atoms with Gasteiger partial charge in [0.1, 0.15) is 0 Å². The van der Waals surface area contributed by atoms with Crippen molar-refractivity contribution in [2.24, 2.45) is 0 Å². The Morgan fingerprint density at radius 2 is 2.04 bits per heavy atom. The first-order valence-electron chi connectivity index (χ1n) is 9.26. The van der Waals surface area contributed by atoms with E-state index < -0.39 is 5.54 Å². The number of carbonyl (C=O) groups excluding carboxylic acids is 1. The summed E-state index contributed by atoms with van der Waals surface area (Å²) in [7, 11) is 0. The van der Waals surface area contributed by atoms with Crippen LogP contribution < -0.4 is 5.32 Å². The molecule has 2 heterocycles. The lowest BCUT2D eigenvalue weighted by Crippen LogP contribution is -2.49. The Balaban J connectivity index is 1.67. The fourth-order valence-electron chi connectivity index (χ4n) is 3.20. The molecule has 3 rings (SSSR count). The van der Waals surface area contributed by atoms with Crippen LogP contribution in [0, 0.1) is 0 Å². The average molecular weight is 436 g/mol. The molecule has 146 valence electrons. The van der Waals surface area contributed by atoms with Crippen LogP contribution in [0.25, 0.3) is 0 Å². The summed E-state index contributed by atoms with van der Waals surface area (Å²) in [5, 5.41) is 7.27. The maximum atomic E-state index is 12.7. The van der Waals surface area contributed by atoms with Crippen molar-refractivity contribution >= 4 is 21.8 Å². The molecule has 1 saturated heterocycles. The van der Waals surface area contributed by atoms with Crippen molar-refractivity contribution in [2.45, 2.75) is 57.4 Å². The fourth-order valence-corrected chi connectivity index (χ4v) is 3.60. The normalized spacial score (nSPS) is 16.9. The number of amides is 1. The van der Waals surface area contributed by atoms with Gasteiger partial charge < -0.3 is 14.6 Å². The molecule has 1 amide bonds. The van der Waals surface area contributed by atoms with Gasteiger partial charge >= 0.3 is 0 Å². The molecule has 0 unspecified atom stereocenters. The van der Waals surface area contributed by atoms with Gasteiger partial charge in [-0.05, 0) is 30.5 Å². The van der Waals surface area contributed by atoms with Crippen LogP contribution in [0.15, 0.2) is 33.3 Å². The number of hydrogen-bond donors (Lipinski definition) is 1. The summed E-state index contributed by atoms with van der Waals surface area (Å²) in [6.07, 6.45) is 2.25. The monoisotopic (exact) mass is 435 g/mol. The second kappa shape index (κ2) is 8.10. The molecule has 1 fully saturated rings. The standard InChI is InChI=1S/C20H26BrN3O3/c1-19(2,3)18-22-17(27-24-18)8-7-16(25)23-20(9-11-26-12-10-20)14-5-4-6-15(21)13-14/h4-6,13H,7-12H2,1-3H3,(H,23,25). The van der Waals surface area contributed by atoms with Crippen LogP contribution in [0.3, 0.4) is 0 Å². The van der Waals surface area contributed by atoms with Crippen LogP contribution in [-0.2, 0) is 26.9 Å². The predicted molar refractivity (Wildman–Crippen MR) is 105 cm³/mol. The highest BCUT2D eigenvalue weighted by Crippen LogP contribution is 2.33. The zero-order valence-electron chi connectivity index (χ0n) is 16.0. The van der Waals surface area contributed by atoms with Crippen LogP contribution in [0.4, 0.5) is 0 Å². The van der Waals surface area contributed by atoms with E-state index in [2.05, 4.69) is 43.5 Å². The number of aromatic nitrogens is 2. The van der Waals surface area contributed by atoms with E-state index in [1.54, 1.807) is 0 Å². The molecular weight excluding hydrogens is 410 g/mol. The van der Waals surface area contributed by atoms with E-state index in [-0.39, 0.29) is 11.3 Å². The van der Waals surface area contributed by atoms with Crippen molar-refractivity contribution < 1.29 is 14.1 Å². The molecule has 0 radical (unpaired) electrons. The van der Waals surface area contributed by atoms with E-state index in [1.807, 2.05) is 32.9 Å². The molecule has 0 aliphatic carbocycles. The van der Waals surface area contributed by atoms with Crippen molar-refractivity contribution in [1.29, 1.82) is 0 Å². The van der Waals surface area contributed by atoms with Gasteiger partial charge in [-0.25, -0.2) is 0 Å². The van der Waals surface area contributed by atoms with Gasteiger partial charge in [0, 0.05) is 35.9 Å². The van der Waals surface area contributed by atoms with E-state index in [4.69, 9.17) is 9.26 Å². The Morgan fingerprint density at radius 1 is 1.30 bits per heavy atom. The van der Waals surface area contributed by atoms with Gasteiger partial charge in [0.25, 0.3) is 0 Å². The maximum absolute atomic E-state index is 12.7. The molecule has 0 spiro atoms. The molecule has 27 heavy (non-hydrogen) atoms. The predicted octanol–water partition coefficient (Wildman–Crippen LogP) is 3.88. The highest BCUT2D eigenvalue weighted by molar-refractivity contribution is 9.10. The SMILES string of the molecule is CC(C)(C)c1noc(CCC(=O)NC2(c3cccc(Br)c3)CCOCC2)n1. The molecule has 1 N–H and O–H groups in total. The maximum Gasteiger partial charge on any atom is 0.227 e. The van der Waals surface area contributed by atoms with Gasteiger partial charge in [-0.3, -0.25) is 4.79 Å². The van der Waals surface area contributed by atoms with Gasteiger partial charge in [0.2, 0.25) is 11.8 Å². The minimum Gasteiger partial charge on any atom is -0.381 e. The lowest BCUT2D eigenvalue weighted by Gasteiger charge is -2.38. The number of aryl methyl sites for hydroxylation is 1. The number of benzene rings is 1. The largest absolute Gasteiger partial charge is 0.381 e. The number of halogens is 1. The molecule has 1 aromatic carbocycles. The molecule has 0 saturated carbocycles. The van der Waals surface area contributed by atoms with Gasteiger partial charge in [-0.2, -0.15) is 4.98 Å². The summed E-state index contributed by atoms with van der Waals surface area (Å²) in [4.78, 5) is 17.1. The number of rotatable bonds is 5. The number of ether oxygens (including phenoxy) is 1. The summed E-state index contributed by atoms with van der Waals surface area (Å²) in [5.41, 5.74) is 0.530. The van der Waals surface area contributed by atoms with E-state index in [0.717, 1.165) is 22.9 Å². The minimum atomic E-state index is -0.398. The second-order valence-electron chi connectivity index (χ2n) is 8.01. The van der Waals surface area contributed by atoms with Crippen molar-refractivity contribution in [3.05, 3.63) is 46.0 Å². The molecule has 1 aliphatic rings. The molecule has 7 heteroatoms. The third-order valence-electron chi connectivity index (χ3n) is 4.81. The molecule has 1 aromatic heterocycles. The van der Waals surface area contributed by atoms with E-state index in [1.165, 1.54) is 0 Å². The number of nitrogens with one attached hydrogen (secondary N) is 1. The lowest BCUT2D eigenvalue weighted by atomic mass is 9.82. The summed E-state index contributed by atoms with van der Waals surface area (Å²) in [6, 6.07) is 8.11. The average Bonchev–Trinajstić information content (AvgIpc) is 3.10. The van der Waals surface area contributed by atoms with Crippen LogP contribution >= 0.6 is 15.9 Å². The van der Waals surface area contributed by atoms with E-state index >= 15 is 0 Å². The van der Waals surface area contributed by atoms with E-state index in [9.17, 15) is 4.79 Å². The first kappa shape index (κ1) is 20.0. The van der Waals surface area contributed by atoms with Crippen molar-refractivity contribution in [1.82, 2.24) is 15.5 Å². The van der Waals surface area contributed by atoms with Crippen LogP contribution in [0.2, 0.25) is 0 Å². The Kier molecular flexibility index (Phi) is 6.01. The third kappa shape index (κ3) is 4.96. The summed E-state index contributed by atoms with van der Waals surface area (Å²) in [6.45, 7) is 7.35. The Labute approximate surface area is 168 Å². The number of carbonyl (C=O) groups is 1. The molecule has 0 bridgehead atoms. The first-order chi connectivity index (χ1) is 12.8. The van der Waals surface area contributed by atoms with Crippen LogP contribution in [-0.4, -0.2) is 29.3 Å². The third-order valence-corrected chi connectivity index (χ3v) is 5.30. The molecule has 1 aliphatic heterocycles. The quantitative estimate of drug-likeness (QED) is 0.770. The van der Waals surface area contributed by atoms with Crippen LogP contribution in [0.5, 0.6) is 0 Å². The van der Waals surface area contributed by atoms with Crippen LogP contribution in [0.1, 0.15) is 57.3 Å². The Hall–Kier alpha value is -1.73. The molecule has 6 nitrogen and oxygen atoms in total. The Bertz CT molecular complexity index is 792. The Morgan fingerprint density at radius 3 is 2.67 bits per heavy atom. The summed E-state index contributed by atoms with van der Waals surface area (Å²) in [5.74, 6) is 1.14. The minimum absolute atomic E-state index is 0.0209. The van der Waals surface area contributed by atoms with Gasteiger partial charge in [0.05, 0.1) is 5.54 Å². The summed E-state index contributed by atoms with van der Waals surface area (Å²) >= 11 is 3.53. The molecular formula is C20H26BrN3O3. The second-order valence-corrected chi connectivity index (χ2v) is 8.93. The number of nitrogens with zero attached hydrogens (tertiary/aromatic N) is 2. The number of hydrogen-bond acceptors (Lipinski definition) is 5. The topological polar surface area (TPSA) is 77.2 Å². The van der Waals surface area contributed by atoms with E-state index in [0.29, 0.717) is 37.8 Å². The zero-order valence-corrected chi connectivity index (χ0v) is 17.6. The zero-order chi connectivity index (χ0) is 19.5. The van der Waals surface area contributed by atoms with Gasteiger partial charge in [-0.15, -0.1) is 0 Å². The van der Waals surface area contributed by atoms with Crippen molar-refractivity contribution in [3.8, 4) is 0 Å². The fraction of sp³-hybridized carbons (Fsp3) is 0.550. The lowest BCUT2D eigenvalue weighted by molar-refractivity contribution is -0.124. The first-order valence-corrected chi connectivity index (χ1v) is 10.1.